The molecular weight excluding hydrogens is 430 g/mol. The minimum Gasteiger partial charge on any atom is -0.343 e. The van der Waals surface area contributed by atoms with Crippen molar-refractivity contribution in [1.82, 2.24) is 14.9 Å². The van der Waals surface area contributed by atoms with Gasteiger partial charge in [0.25, 0.3) is 0 Å². The Kier molecular flexibility index (Phi) is 4.19. The number of hydrogen-bond acceptors (Lipinski definition) is 5. The molecule has 2 aliphatic rings. The third kappa shape index (κ3) is 2.90. The Balaban J connectivity index is 1.56. The van der Waals surface area contributed by atoms with Gasteiger partial charge in [-0.3, -0.25) is 19.7 Å². The molecule has 2 aromatic heterocycles. The van der Waals surface area contributed by atoms with Gasteiger partial charge in [0.2, 0.25) is 11.8 Å². The van der Waals surface area contributed by atoms with Crippen LogP contribution in [0.3, 0.4) is 0 Å². The Morgan fingerprint density at radius 2 is 1.71 bits per heavy atom. The second-order valence-corrected chi connectivity index (χ2v) is 9.98. The number of hydrogen-bond donors (Lipinski definition) is 2. The van der Waals surface area contributed by atoms with Crippen LogP contribution < -0.4 is 10.2 Å². The van der Waals surface area contributed by atoms with Gasteiger partial charge >= 0.3 is 4.87 Å². The lowest BCUT2D eigenvalue weighted by atomic mass is 9.83. The summed E-state index contributed by atoms with van der Waals surface area (Å²) in [4.78, 5) is 41.0. The molecule has 4 heterocycles. The van der Waals surface area contributed by atoms with E-state index in [1.807, 2.05) is 36.4 Å². The van der Waals surface area contributed by atoms with Crippen LogP contribution in [0.15, 0.2) is 70.6 Å². The lowest BCUT2D eigenvalue weighted by molar-refractivity contribution is -0.125. The first-order valence-corrected chi connectivity index (χ1v) is 11.7. The molecule has 2 aromatic carbocycles. The molecule has 1 saturated heterocycles. The van der Waals surface area contributed by atoms with Crippen molar-refractivity contribution in [1.29, 1.82) is 0 Å². The van der Waals surface area contributed by atoms with Crippen molar-refractivity contribution in [2.45, 2.75) is 22.7 Å². The largest absolute Gasteiger partial charge is 0.343 e. The molecule has 6 nitrogen and oxygen atoms in total. The summed E-state index contributed by atoms with van der Waals surface area (Å²) in [6.07, 6.45) is 2.08. The molecule has 2 amide bonds. The zero-order valence-electron chi connectivity index (χ0n) is 16.2. The first-order chi connectivity index (χ1) is 15.1. The van der Waals surface area contributed by atoms with E-state index < -0.39 is 11.2 Å². The van der Waals surface area contributed by atoms with Gasteiger partial charge in [-0.2, -0.15) is 0 Å². The number of benzene rings is 2. The molecule has 0 radical (unpaired) electrons. The number of H-pyrrole nitrogens is 1. The molecule has 2 N–H and O–H groups in total. The molecule has 6 rings (SSSR count). The monoisotopic (exact) mass is 447 g/mol. The summed E-state index contributed by atoms with van der Waals surface area (Å²) in [5.74, 6) is -1.43. The van der Waals surface area contributed by atoms with Crippen LogP contribution in [0.2, 0.25) is 0 Å². The number of amides is 2. The number of aromatic nitrogens is 2. The van der Waals surface area contributed by atoms with E-state index in [0.29, 0.717) is 11.6 Å². The van der Waals surface area contributed by atoms with Crippen LogP contribution in [0.5, 0.6) is 0 Å². The molecule has 0 aliphatic carbocycles. The molecule has 31 heavy (non-hydrogen) atoms. The standard InChI is InChI=1S/C23H17N3O3S2/c27-20-17-16(19-22(25-23(29)31-19)30-18(17)21(28)24-20)14-11-26(10-12-6-2-1-3-7-12)15-9-5-4-8-13(14)15/h1-9,11,16-18H,10H2,(H,25,29)(H,24,27,28)/t16-,17+,18-/m1/s1. The summed E-state index contributed by atoms with van der Waals surface area (Å²) >= 11 is 2.42. The summed E-state index contributed by atoms with van der Waals surface area (Å²) in [6.45, 7) is 0.693. The summed E-state index contributed by atoms with van der Waals surface area (Å²) in [6, 6.07) is 18.3. The number of thiazole rings is 1. The highest BCUT2D eigenvalue weighted by Crippen LogP contribution is 2.52. The smallest absolute Gasteiger partial charge is 0.305 e. The summed E-state index contributed by atoms with van der Waals surface area (Å²) in [5.41, 5.74) is 3.21. The summed E-state index contributed by atoms with van der Waals surface area (Å²) in [5, 5.41) is 3.70. The lowest BCUT2D eigenvalue weighted by Gasteiger charge is -2.29. The Morgan fingerprint density at radius 3 is 2.55 bits per heavy atom. The Morgan fingerprint density at radius 1 is 0.935 bits per heavy atom. The number of nitrogens with one attached hydrogen (secondary N) is 2. The van der Waals surface area contributed by atoms with E-state index in [0.717, 1.165) is 32.7 Å². The minimum absolute atomic E-state index is 0.164. The second kappa shape index (κ2) is 6.96. The predicted octanol–water partition coefficient (Wildman–Crippen LogP) is 3.32. The number of thioether (sulfide) groups is 1. The van der Waals surface area contributed by atoms with E-state index >= 15 is 0 Å². The molecule has 0 saturated carbocycles. The third-order valence-electron chi connectivity index (χ3n) is 6.01. The zero-order chi connectivity index (χ0) is 21.1. The van der Waals surface area contributed by atoms with Crippen molar-refractivity contribution in [3.63, 3.8) is 0 Å². The van der Waals surface area contributed by atoms with Gasteiger partial charge < -0.3 is 9.55 Å². The highest BCUT2D eigenvalue weighted by molar-refractivity contribution is 8.00. The lowest BCUT2D eigenvalue weighted by Crippen LogP contribution is -2.31. The Bertz CT molecular complexity index is 1400. The quantitative estimate of drug-likeness (QED) is 0.472. The van der Waals surface area contributed by atoms with Crippen molar-refractivity contribution in [2.75, 3.05) is 0 Å². The molecular formula is C23H17N3O3S2. The van der Waals surface area contributed by atoms with Crippen LogP contribution in [0.25, 0.3) is 10.9 Å². The van der Waals surface area contributed by atoms with E-state index in [2.05, 4.69) is 39.3 Å². The van der Waals surface area contributed by atoms with Gasteiger partial charge in [-0.25, -0.2) is 0 Å². The highest BCUT2D eigenvalue weighted by atomic mass is 32.2. The molecule has 4 aromatic rings. The molecule has 2 aliphatic heterocycles. The first-order valence-electron chi connectivity index (χ1n) is 9.96. The van der Waals surface area contributed by atoms with Crippen LogP contribution in [0.4, 0.5) is 0 Å². The number of imide groups is 1. The maximum absolute atomic E-state index is 12.8. The van der Waals surface area contributed by atoms with Crippen LogP contribution >= 0.6 is 23.1 Å². The average molecular weight is 448 g/mol. The SMILES string of the molecule is O=C1NC(=O)[C@@H]2Sc3[nH]c(=O)sc3[C@H](c3cn(Cc4ccccc4)c4ccccc34)[C@H]12. The van der Waals surface area contributed by atoms with E-state index in [1.54, 1.807) is 0 Å². The molecule has 154 valence electrons. The number of aromatic amines is 1. The maximum Gasteiger partial charge on any atom is 0.305 e. The van der Waals surface area contributed by atoms with Crippen molar-refractivity contribution in [2.24, 2.45) is 5.92 Å². The summed E-state index contributed by atoms with van der Waals surface area (Å²) in [7, 11) is 0. The second-order valence-electron chi connectivity index (χ2n) is 7.82. The molecule has 1 fully saturated rings. The van der Waals surface area contributed by atoms with Crippen LogP contribution in [0.1, 0.15) is 21.9 Å². The molecule has 0 bridgehead atoms. The van der Waals surface area contributed by atoms with E-state index in [9.17, 15) is 14.4 Å². The van der Waals surface area contributed by atoms with Crippen LogP contribution in [-0.2, 0) is 16.1 Å². The van der Waals surface area contributed by atoms with Gasteiger partial charge in [0.05, 0.1) is 10.9 Å². The average Bonchev–Trinajstić information content (AvgIpc) is 3.41. The number of fused-ring (bicyclic) bond motifs is 3. The number of rotatable bonds is 3. The number of carbonyl (C=O) groups excluding carboxylic acids is 2. The molecule has 3 atom stereocenters. The first kappa shape index (κ1) is 18.7. The molecule has 8 heteroatoms. The van der Waals surface area contributed by atoms with Gasteiger partial charge in [-0.15, -0.1) is 0 Å². The third-order valence-corrected chi connectivity index (χ3v) is 8.43. The highest BCUT2D eigenvalue weighted by Gasteiger charge is 2.52. The van der Waals surface area contributed by atoms with Gasteiger partial charge in [0.1, 0.15) is 5.25 Å². The number of carbonyl (C=O) groups is 2. The van der Waals surface area contributed by atoms with Crippen molar-refractivity contribution in [3.05, 3.63) is 86.5 Å². The van der Waals surface area contributed by atoms with Gasteiger partial charge in [-0.1, -0.05) is 71.6 Å². The fourth-order valence-electron chi connectivity index (χ4n) is 4.71. The van der Waals surface area contributed by atoms with E-state index in [4.69, 9.17) is 0 Å². The Labute approximate surface area is 185 Å². The number of nitrogens with zero attached hydrogens (tertiary/aromatic N) is 1. The minimum atomic E-state index is -0.536. The topological polar surface area (TPSA) is 84.0 Å². The van der Waals surface area contributed by atoms with Gasteiger partial charge in [0, 0.05) is 34.4 Å². The fraction of sp³-hybridized carbons (Fsp3) is 0.174. The zero-order valence-corrected chi connectivity index (χ0v) is 17.8. The Hall–Kier alpha value is -3.10. The van der Waals surface area contributed by atoms with Crippen LogP contribution in [0, 0.1) is 5.92 Å². The molecule has 0 spiro atoms. The fourth-order valence-corrected chi connectivity index (χ4v) is 7.18. The van der Waals surface area contributed by atoms with Crippen molar-refractivity contribution in [3.8, 4) is 0 Å². The van der Waals surface area contributed by atoms with Gasteiger partial charge in [0.15, 0.2) is 0 Å². The predicted molar refractivity (Wildman–Crippen MR) is 121 cm³/mol. The van der Waals surface area contributed by atoms with Crippen LogP contribution in [-0.4, -0.2) is 26.6 Å². The van der Waals surface area contributed by atoms with E-state index in [1.165, 1.54) is 17.3 Å². The van der Waals surface area contributed by atoms with E-state index in [-0.39, 0.29) is 22.6 Å². The van der Waals surface area contributed by atoms with Gasteiger partial charge in [-0.05, 0) is 17.2 Å². The molecule has 0 unspecified atom stereocenters. The van der Waals surface area contributed by atoms with Crippen molar-refractivity contribution >= 4 is 45.8 Å². The maximum atomic E-state index is 12.8. The van der Waals surface area contributed by atoms with Crippen molar-refractivity contribution < 1.29 is 9.59 Å². The summed E-state index contributed by atoms with van der Waals surface area (Å²) < 4.78 is 2.18. The normalized spacial score (nSPS) is 22.4. The number of para-hydroxylation sites is 1.